The number of nitrogens with zero attached hydrogens (tertiary/aromatic N) is 3. The van der Waals surface area contributed by atoms with Crippen molar-refractivity contribution in [2.75, 3.05) is 0 Å². The molecule has 0 saturated heterocycles. The van der Waals surface area contributed by atoms with Crippen molar-refractivity contribution in [3.8, 4) is 56.4 Å². The first-order valence-electron chi connectivity index (χ1n) is 19.7. The lowest BCUT2D eigenvalue weighted by atomic mass is 9.59. The third-order valence-corrected chi connectivity index (χ3v) is 13.2. The van der Waals surface area contributed by atoms with Gasteiger partial charge in [-0.2, -0.15) is 0 Å². The summed E-state index contributed by atoms with van der Waals surface area (Å²) in [6.45, 7) is 2.37. The van der Waals surface area contributed by atoms with Crippen LogP contribution in [0.15, 0.2) is 194 Å². The van der Waals surface area contributed by atoms with Crippen LogP contribution in [0.5, 0.6) is 0 Å². The zero-order valence-corrected chi connectivity index (χ0v) is 32.2. The lowest BCUT2D eigenvalue weighted by molar-refractivity contribution is 0.374. The number of fused-ring (bicyclic) bond motifs is 7. The molecule has 0 aliphatic heterocycles. The van der Waals surface area contributed by atoms with Gasteiger partial charge >= 0.3 is 0 Å². The average Bonchev–Trinajstić information content (AvgIpc) is 3.81. The molecule has 2 aliphatic carbocycles. The Balaban J connectivity index is 1.30. The predicted octanol–water partition coefficient (Wildman–Crippen LogP) is 13.6. The summed E-state index contributed by atoms with van der Waals surface area (Å²) < 4.78 is 2.51. The Morgan fingerprint density at radius 2 is 1.07 bits per heavy atom. The molecule has 0 spiro atoms. The van der Waals surface area contributed by atoms with Gasteiger partial charge in [0.05, 0.1) is 5.41 Å². The molecule has 3 nitrogen and oxygen atoms in total. The number of benzene rings is 7. The lowest BCUT2D eigenvalue weighted by Gasteiger charge is -2.42. The molecule has 2 aromatic heterocycles. The van der Waals surface area contributed by atoms with Crippen LogP contribution in [-0.2, 0) is 5.41 Å². The first-order chi connectivity index (χ1) is 28.2. The number of rotatable bonds is 6. The van der Waals surface area contributed by atoms with E-state index >= 15 is 0 Å². The third-order valence-electron chi connectivity index (χ3n) is 12.0. The molecule has 0 bridgehead atoms. The van der Waals surface area contributed by atoms with E-state index in [4.69, 9.17) is 15.0 Å². The predicted molar refractivity (Wildman–Crippen MR) is 237 cm³/mol. The molecular weight excluding hydrogens is 711 g/mol. The first-order valence-corrected chi connectivity index (χ1v) is 20.5. The number of aromatic nitrogens is 3. The highest BCUT2D eigenvalue weighted by molar-refractivity contribution is 7.26. The van der Waals surface area contributed by atoms with Gasteiger partial charge in [-0.1, -0.05) is 183 Å². The first kappa shape index (κ1) is 33.6. The molecule has 3 unspecified atom stereocenters. The van der Waals surface area contributed by atoms with Crippen LogP contribution >= 0.6 is 11.3 Å². The fourth-order valence-electron chi connectivity index (χ4n) is 9.45. The van der Waals surface area contributed by atoms with E-state index in [0.29, 0.717) is 17.5 Å². The minimum absolute atomic E-state index is 0.133. The van der Waals surface area contributed by atoms with E-state index in [-0.39, 0.29) is 11.8 Å². The Kier molecular flexibility index (Phi) is 7.94. The van der Waals surface area contributed by atoms with E-state index in [0.717, 1.165) is 16.7 Å². The van der Waals surface area contributed by atoms with Crippen molar-refractivity contribution in [3.05, 3.63) is 211 Å². The highest BCUT2D eigenvalue weighted by Crippen LogP contribution is 2.63. The Morgan fingerprint density at radius 1 is 0.491 bits per heavy atom. The highest BCUT2D eigenvalue weighted by Gasteiger charge is 2.52. The van der Waals surface area contributed by atoms with Crippen LogP contribution < -0.4 is 0 Å². The van der Waals surface area contributed by atoms with E-state index in [2.05, 4.69) is 165 Å². The maximum atomic E-state index is 5.37. The van der Waals surface area contributed by atoms with Gasteiger partial charge in [-0.3, -0.25) is 0 Å². The zero-order chi connectivity index (χ0) is 37.9. The standard InChI is InChI=1S/C53H37N3S/c1-34-18-14-16-28-43(34)53(39-25-12-5-13-26-39)44-32-38(35-19-6-2-7-20-35)30-31-40(44)48-45(53)33-42(47-41-27-15-17-29-46(41)57-49(47)48)52-55-50(36-21-8-3-9-22-36)54-51(56-52)37-23-10-4-11-24-37/h2-34,43H,1H3. The van der Waals surface area contributed by atoms with Gasteiger partial charge in [-0.15, -0.1) is 11.3 Å². The summed E-state index contributed by atoms with van der Waals surface area (Å²) in [4.78, 5) is 15.8. The minimum atomic E-state index is -0.520. The normalized spacial score (nSPS) is 18.2. The SMILES string of the molecule is CC1C=CC=CC1C1(c2ccccc2)c2cc(-c3ccccc3)ccc2-c2c1cc(-c1nc(-c3ccccc3)nc(-c3ccccc3)n1)c1c2sc2ccccc21. The van der Waals surface area contributed by atoms with Crippen LogP contribution in [0.1, 0.15) is 23.6 Å². The monoisotopic (exact) mass is 747 g/mol. The maximum Gasteiger partial charge on any atom is 0.164 e. The summed E-state index contributed by atoms with van der Waals surface area (Å²) >= 11 is 1.88. The van der Waals surface area contributed by atoms with E-state index in [1.807, 2.05) is 47.7 Å². The topological polar surface area (TPSA) is 38.7 Å². The van der Waals surface area contributed by atoms with Gasteiger partial charge in [0.25, 0.3) is 0 Å². The van der Waals surface area contributed by atoms with Crippen LogP contribution in [0.3, 0.4) is 0 Å². The molecule has 3 atom stereocenters. The summed E-state index contributed by atoms with van der Waals surface area (Å²) in [5.41, 5.74) is 11.4. The van der Waals surface area contributed by atoms with Gasteiger partial charge in [0.1, 0.15) is 0 Å². The van der Waals surface area contributed by atoms with Crippen molar-refractivity contribution in [3.63, 3.8) is 0 Å². The fourth-order valence-corrected chi connectivity index (χ4v) is 10.7. The highest BCUT2D eigenvalue weighted by atomic mass is 32.1. The second-order valence-corrected chi connectivity index (χ2v) is 16.2. The largest absolute Gasteiger partial charge is 0.208 e. The summed E-state index contributed by atoms with van der Waals surface area (Å²) in [7, 11) is 0. The Morgan fingerprint density at radius 3 is 1.74 bits per heavy atom. The van der Waals surface area contributed by atoms with Crippen molar-refractivity contribution in [2.45, 2.75) is 12.3 Å². The molecule has 0 fully saturated rings. The molecule has 0 radical (unpaired) electrons. The number of thiophene rings is 1. The maximum absolute atomic E-state index is 5.37. The molecular formula is C53H37N3S. The van der Waals surface area contributed by atoms with Crippen LogP contribution in [0.2, 0.25) is 0 Å². The smallest absolute Gasteiger partial charge is 0.164 e. The molecule has 4 heteroatoms. The second kappa shape index (κ2) is 13.5. The van der Waals surface area contributed by atoms with E-state index < -0.39 is 5.41 Å². The quantitative estimate of drug-likeness (QED) is 0.170. The molecule has 11 rings (SSSR count). The molecule has 0 saturated carbocycles. The van der Waals surface area contributed by atoms with Crippen molar-refractivity contribution >= 4 is 31.5 Å². The van der Waals surface area contributed by atoms with Crippen LogP contribution in [0.25, 0.3) is 76.6 Å². The summed E-state index contributed by atoms with van der Waals surface area (Å²) in [5.74, 6) is 2.39. The van der Waals surface area contributed by atoms with Crippen LogP contribution in [0.4, 0.5) is 0 Å². The van der Waals surface area contributed by atoms with Crippen molar-refractivity contribution in [1.82, 2.24) is 15.0 Å². The Labute approximate surface area is 336 Å². The van der Waals surface area contributed by atoms with E-state index in [9.17, 15) is 0 Å². The molecule has 0 N–H and O–H groups in total. The summed E-state index contributed by atoms with van der Waals surface area (Å²) in [6, 6.07) is 61.1. The van der Waals surface area contributed by atoms with Gasteiger partial charge in [-0.25, -0.2) is 15.0 Å². The van der Waals surface area contributed by atoms with Crippen LogP contribution in [-0.4, -0.2) is 15.0 Å². The number of hydrogen-bond donors (Lipinski definition) is 0. The summed E-state index contributed by atoms with van der Waals surface area (Å²) in [6.07, 6.45) is 9.28. The molecule has 9 aromatic rings. The lowest BCUT2D eigenvalue weighted by Crippen LogP contribution is -2.39. The van der Waals surface area contributed by atoms with Gasteiger partial charge < -0.3 is 0 Å². The van der Waals surface area contributed by atoms with Gasteiger partial charge in [0, 0.05) is 48.3 Å². The molecule has 2 aliphatic rings. The van der Waals surface area contributed by atoms with Gasteiger partial charge in [0.15, 0.2) is 17.5 Å². The minimum Gasteiger partial charge on any atom is -0.208 e. The van der Waals surface area contributed by atoms with Crippen molar-refractivity contribution < 1.29 is 0 Å². The summed E-state index contributed by atoms with van der Waals surface area (Å²) in [5, 5.41) is 2.40. The van der Waals surface area contributed by atoms with E-state index in [1.54, 1.807) is 0 Å². The average molecular weight is 748 g/mol. The van der Waals surface area contributed by atoms with E-state index in [1.165, 1.54) is 59.1 Å². The molecule has 2 heterocycles. The van der Waals surface area contributed by atoms with Crippen molar-refractivity contribution in [1.29, 1.82) is 0 Å². The molecule has 7 aromatic carbocycles. The molecule has 57 heavy (non-hydrogen) atoms. The van der Waals surface area contributed by atoms with Gasteiger partial charge in [-0.05, 0) is 57.5 Å². The molecule has 0 amide bonds. The van der Waals surface area contributed by atoms with Gasteiger partial charge in [0.2, 0.25) is 0 Å². The third kappa shape index (κ3) is 5.28. The number of hydrogen-bond acceptors (Lipinski definition) is 4. The van der Waals surface area contributed by atoms with Crippen LogP contribution in [0, 0.1) is 11.8 Å². The Bertz CT molecular complexity index is 2970. The molecule has 270 valence electrons. The Hall–Kier alpha value is -6.75. The zero-order valence-electron chi connectivity index (χ0n) is 31.4. The van der Waals surface area contributed by atoms with Crippen molar-refractivity contribution in [2.24, 2.45) is 11.8 Å². The fraction of sp³-hybridized carbons (Fsp3) is 0.0755. The second-order valence-electron chi connectivity index (χ2n) is 15.1. The number of allylic oxidation sites excluding steroid dienone is 4.